The predicted molar refractivity (Wildman–Crippen MR) is 188 cm³/mol. The van der Waals surface area contributed by atoms with Gasteiger partial charge in [0.15, 0.2) is 0 Å². The van der Waals surface area contributed by atoms with Crippen LogP contribution in [0.25, 0.3) is 11.3 Å². The van der Waals surface area contributed by atoms with Crippen LogP contribution in [-0.2, 0) is 27.4 Å². The van der Waals surface area contributed by atoms with Gasteiger partial charge in [-0.25, -0.2) is 19.6 Å². The molecule has 1 fully saturated rings. The molecule has 49 heavy (non-hydrogen) atoms. The van der Waals surface area contributed by atoms with Crippen LogP contribution in [0.3, 0.4) is 0 Å². The Labute approximate surface area is 288 Å². The molecule has 0 unspecified atom stereocenters. The van der Waals surface area contributed by atoms with Crippen molar-refractivity contribution in [3.05, 3.63) is 59.8 Å². The summed E-state index contributed by atoms with van der Waals surface area (Å²) < 4.78 is 22.2. The molecule has 0 saturated carbocycles. The summed E-state index contributed by atoms with van der Waals surface area (Å²) in [7, 11) is 1.58. The minimum Gasteiger partial charge on any atom is -0.496 e. The second kappa shape index (κ2) is 16.7. The average Bonchev–Trinajstić information content (AvgIpc) is 3.05. The summed E-state index contributed by atoms with van der Waals surface area (Å²) in [4.78, 5) is 38.4. The largest absolute Gasteiger partial charge is 0.496 e. The molecule has 13 heteroatoms. The molecule has 1 aromatic heterocycles. The van der Waals surface area contributed by atoms with E-state index in [1.807, 2.05) is 63.2 Å². The Bertz CT molecular complexity index is 1560. The molecule has 4 rings (SSSR count). The molecule has 2 aromatic carbocycles. The van der Waals surface area contributed by atoms with Gasteiger partial charge in [0.2, 0.25) is 5.95 Å². The normalized spacial score (nSPS) is 13.4. The molecule has 266 valence electrons. The van der Waals surface area contributed by atoms with Gasteiger partial charge in [-0.3, -0.25) is 0 Å². The van der Waals surface area contributed by atoms with Crippen LogP contribution in [0.5, 0.6) is 5.75 Å². The lowest BCUT2D eigenvalue weighted by molar-refractivity contribution is 0.0230. The minimum absolute atomic E-state index is 0.0989. The molecule has 0 spiro atoms. The molecule has 1 saturated heterocycles. The number of ether oxygens (including phenoxy) is 4. The van der Waals surface area contributed by atoms with Gasteiger partial charge >= 0.3 is 12.2 Å². The zero-order valence-electron chi connectivity index (χ0n) is 29.7. The van der Waals surface area contributed by atoms with E-state index in [4.69, 9.17) is 23.9 Å². The molecule has 0 atom stereocenters. The number of rotatable bonds is 12. The van der Waals surface area contributed by atoms with E-state index in [0.717, 1.165) is 41.2 Å². The number of nitrogens with zero attached hydrogens (tertiary/aromatic N) is 4. The molecular weight excluding hydrogens is 628 g/mol. The van der Waals surface area contributed by atoms with Crippen molar-refractivity contribution in [1.82, 2.24) is 20.2 Å². The Morgan fingerprint density at radius 3 is 2.39 bits per heavy atom. The van der Waals surface area contributed by atoms with E-state index in [1.54, 1.807) is 39.0 Å². The fourth-order valence-corrected chi connectivity index (χ4v) is 5.21. The zero-order chi connectivity index (χ0) is 35.6. The van der Waals surface area contributed by atoms with Gasteiger partial charge in [0.05, 0.1) is 39.2 Å². The molecule has 0 radical (unpaired) electrons. The second-order valence-corrected chi connectivity index (χ2v) is 13.7. The third-order valence-corrected chi connectivity index (χ3v) is 7.38. The van der Waals surface area contributed by atoms with Crippen LogP contribution in [0, 0.1) is 0 Å². The van der Waals surface area contributed by atoms with Gasteiger partial charge in [0.25, 0.3) is 0 Å². The SMILES string of the molecule is COc1ccc(-c2ccnc(Nc3ccc(N4CCOCC4)c(CO)c3)n2)cc1CN(CCCNC(=O)OC(C)(C)C)C(=O)OC(C)(C)C. The van der Waals surface area contributed by atoms with Gasteiger partial charge in [-0.05, 0) is 90.4 Å². The van der Waals surface area contributed by atoms with Crippen molar-refractivity contribution in [3.63, 3.8) is 0 Å². The summed E-state index contributed by atoms with van der Waals surface area (Å²) in [5, 5.41) is 16.1. The van der Waals surface area contributed by atoms with Gasteiger partial charge < -0.3 is 44.5 Å². The maximum absolute atomic E-state index is 13.3. The maximum atomic E-state index is 13.3. The third kappa shape index (κ3) is 11.5. The number of nitrogens with one attached hydrogen (secondary N) is 2. The standard InChI is InChI=1S/C36H50N6O7/c1-35(2,3)48-33(44)38-14-8-16-42(34(45)49-36(4,5)6)23-26-21-25(9-12-31(26)46-7)29-13-15-37-32(40-29)39-28-10-11-30(27(22-28)24-43)41-17-19-47-20-18-41/h9-13,15,21-22,43H,8,14,16-20,23-24H2,1-7H3,(H,38,44)(H,37,39,40). The Kier molecular flexibility index (Phi) is 12.7. The number of alkyl carbamates (subject to hydrolysis) is 1. The number of carbonyl (C=O) groups is 2. The molecule has 1 aliphatic rings. The summed E-state index contributed by atoms with van der Waals surface area (Å²) >= 11 is 0. The first-order chi connectivity index (χ1) is 23.2. The zero-order valence-corrected chi connectivity index (χ0v) is 29.7. The molecule has 3 N–H and O–H groups in total. The monoisotopic (exact) mass is 678 g/mol. The summed E-state index contributed by atoms with van der Waals surface area (Å²) in [5.74, 6) is 0.999. The van der Waals surface area contributed by atoms with E-state index in [-0.39, 0.29) is 13.2 Å². The maximum Gasteiger partial charge on any atom is 0.410 e. The molecular formula is C36H50N6O7. The molecule has 13 nitrogen and oxygen atoms in total. The highest BCUT2D eigenvalue weighted by molar-refractivity contribution is 5.70. The van der Waals surface area contributed by atoms with Crippen LogP contribution in [-0.4, -0.2) is 89.9 Å². The molecule has 3 aromatic rings. The van der Waals surface area contributed by atoms with Gasteiger partial charge in [-0.15, -0.1) is 0 Å². The Hall–Kier alpha value is -4.62. The topological polar surface area (TPSA) is 148 Å². The van der Waals surface area contributed by atoms with Crippen molar-refractivity contribution < 1.29 is 33.6 Å². The minimum atomic E-state index is -0.693. The highest BCUT2D eigenvalue weighted by atomic mass is 16.6. The van der Waals surface area contributed by atoms with Gasteiger partial charge in [-0.2, -0.15) is 0 Å². The Morgan fingerprint density at radius 2 is 1.71 bits per heavy atom. The number of amides is 2. The lowest BCUT2D eigenvalue weighted by atomic mass is 10.1. The summed E-state index contributed by atoms with van der Waals surface area (Å²) in [6, 6.07) is 13.3. The number of methoxy groups -OCH3 is 1. The van der Waals surface area contributed by atoms with Crippen molar-refractivity contribution in [1.29, 1.82) is 0 Å². The Morgan fingerprint density at radius 1 is 0.980 bits per heavy atom. The number of aliphatic hydroxyl groups excluding tert-OH is 1. The summed E-state index contributed by atoms with van der Waals surface area (Å²) in [5.41, 5.74) is 3.46. The van der Waals surface area contributed by atoms with Crippen LogP contribution < -0.4 is 20.3 Å². The molecule has 2 heterocycles. The van der Waals surface area contributed by atoms with E-state index < -0.39 is 23.4 Å². The van der Waals surface area contributed by atoms with Crippen molar-refractivity contribution >= 4 is 29.5 Å². The van der Waals surface area contributed by atoms with Crippen molar-refractivity contribution in [3.8, 4) is 17.0 Å². The smallest absolute Gasteiger partial charge is 0.410 e. The molecule has 0 bridgehead atoms. The number of benzene rings is 2. The fourth-order valence-electron chi connectivity index (χ4n) is 5.21. The second-order valence-electron chi connectivity index (χ2n) is 13.7. The lowest BCUT2D eigenvalue weighted by Gasteiger charge is -2.30. The van der Waals surface area contributed by atoms with E-state index in [1.165, 1.54) is 0 Å². The summed E-state index contributed by atoms with van der Waals surface area (Å²) in [6.07, 6.45) is 1.16. The van der Waals surface area contributed by atoms with Crippen molar-refractivity contribution in [2.75, 3.05) is 56.7 Å². The van der Waals surface area contributed by atoms with E-state index in [2.05, 4.69) is 20.5 Å². The predicted octanol–water partition coefficient (Wildman–Crippen LogP) is 5.88. The number of anilines is 3. The van der Waals surface area contributed by atoms with Crippen LogP contribution in [0.4, 0.5) is 26.9 Å². The highest BCUT2D eigenvalue weighted by Crippen LogP contribution is 2.30. The number of hydrogen-bond donors (Lipinski definition) is 3. The molecule has 1 aliphatic heterocycles. The number of morpholine rings is 1. The molecule has 2 amide bonds. The quantitative estimate of drug-likeness (QED) is 0.197. The third-order valence-electron chi connectivity index (χ3n) is 7.38. The number of aliphatic hydroxyl groups is 1. The number of aromatic nitrogens is 2. The van der Waals surface area contributed by atoms with Crippen LogP contribution >= 0.6 is 0 Å². The average molecular weight is 679 g/mol. The first kappa shape index (κ1) is 37.2. The van der Waals surface area contributed by atoms with Crippen LogP contribution in [0.1, 0.15) is 59.1 Å². The van der Waals surface area contributed by atoms with Gasteiger partial charge in [-0.1, -0.05) is 0 Å². The van der Waals surface area contributed by atoms with E-state index in [9.17, 15) is 14.7 Å². The van der Waals surface area contributed by atoms with Crippen molar-refractivity contribution in [2.24, 2.45) is 0 Å². The summed E-state index contributed by atoms with van der Waals surface area (Å²) in [6.45, 7) is 14.5. The van der Waals surface area contributed by atoms with Gasteiger partial charge in [0, 0.05) is 60.4 Å². The first-order valence-electron chi connectivity index (χ1n) is 16.5. The van der Waals surface area contributed by atoms with Crippen molar-refractivity contribution in [2.45, 2.75) is 72.3 Å². The van der Waals surface area contributed by atoms with E-state index in [0.29, 0.717) is 50.1 Å². The Balaban J connectivity index is 1.51. The number of hydrogen-bond acceptors (Lipinski definition) is 11. The van der Waals surface area contributed by atoms with Crippen LogP contribution in [0.15, 0.2) is 48.7 Å². The van der Waals surface area contributed by atoms with Crippen LogP contribution in [0.2, 0.25) is 0 Å². The van der Waals surface area contributed by atoms with E-state index >= 15 is 0 Å². The molecule has 0 aliphatic carbocycles. The lowest BCUT2D eigenvalue weighted by Crippen LogP contribution is -2.39. The van der Waals surface area contributed by atoms with Gasteiger partial charge in [0.1, 0.15) is 17.0 Å². The highest BCUT2D eigenvalue weighted by Gasteiger charge is 2.24. The first-order valence-corrected chi connectivity index (χ1v) is 16.5. The fraction of sp³-hybridized carbons (Fsp3) is 0.500. The number of carbonyl (C=O) groups excluding carboxylic acids is 2.